The minimum atomic E-state index is -6.39. The van der Waals surface area contributed by atoms with E-state index in [0.29, 0.717) is 22.5 Å². The molecule has 0 aliphatic rings. The Bertz CT molecular complexity index is 1470. The first-order valence-corrected chi connectivity index (χ1v) is 12.5. The van der Waals surface area contributed by atoms with Crippen LogP contribution in [0.3, 0.4) is 0 Å². The zero-order valence-electron chi connectivity index (χ0n) is 22.1. The number of hydrogen-bond acceptors (Lipinski definition) is 6. The molecule has 0 radical (unpaired) electrons. The Hall–Kier alpha value is -4.75. The largest absolute Gasteiger partial charge is 0.494 e. The molecule has 7 nitrogen and oxygen atoms in total. The Labute approximate surface area is 240 Å². The first-order valence-electron chi connectivity index (χ1n) is 12.5. The summed E-state index contributed by atoms with van der Waals surface area (Å²) in [6, 6.07) is 15.8. The highest BCUT2D eigenvalue weighted by Gasteiger charge is 2.72. The lowest BCUT2D eigenvalue weighted by Crippen LogP contribution is -2.51. The van der Waals surface area contributed by atoms with Crippen LogP contribution in [-0.2, 0) is 11.2 Å². The van der Waals surface area contributed by atoms with Gasteiger partial charge in [-0.05, 0) is 72.2 Å². The van der Waals surface area contributed by atoms with Gasteiger partial charge in [0.25, 0.3) is 0 Å². The number of carboxylic acid groups (broad SMARTS) is 1. The molecule has 3 rings (SSSR count). The molecule has 0 aliphatic carbocycles. The third kappa shape index (κ3) is 8.40. The molecule has 0 atom stereocenters. The summed E-state index contributed by atoms with van der Waals surface area (Å²) in [6.07, 6.45) is -7.47. The fourth-order valence-corrected chi connectivity index (χ4v) is 3.70. The van der Waals surface area contributed by atoms with E-state index in [2.05, 4.69) is 0 Å². The van der Waals surface area contributed by atoms with Gasteiger partial charge in [-0.15, -0.1) is 0 Å². The normalized spacial score (nSPS) is 12.6. The summed E-state index contributed by atoms with van der Waals surface area (Å²) in [6.45, 7) is -0.578. The molecular weight excluding hydrogens is 589 g/mol. The third-order valence-electron chi connectivity index (χ3n) is 6.07. The molecule has 230 valence electrons. The quantitative estimate of drug-likeness (QED) is 0.0514. The fraction of sp³-hybridized carbons (Fsp3) is 0.241. The van der Waals surface area contributed by atoms with Gasteiger partial charge in [0, 0.05) is 29.8 Å². The molecule has 0 fully saturated rings. The molecule has 0 heterocycles. The van der Waals surface area contributed by atoms with E-state index in [1.165, 1.54) is 60.7 Å². The summed E-state index contributed by atoms with van der Waals surface area (Å²) in [5, 5.41) is 9.60. The molecule has 3 aromatic carbocycles. The van der Waals surface area contributed by atoms with Crippen LogP contribution in [0.15, 0.2) is 72.3 Å². The lowest BCUT2D eigenvalue weighted by molar-refractivity contribution is -0.355. The van der Waals surface area contributed by atoms with Crippen molar-refractivity contribution in [1.29, 1.82) is 0 Å². The molecule has 5 N–H and O–H groups in total. The predicted molar refractivity (Wildman–Crippen MR) is 143 cm³/mol. The Morgan fingerprint density at radius 2 is 1.44 bits per heavy atom. The van der Waals surface area contributed by atoms with E-state index in [1.54, 1.807) is 12.1 Å². The Kier molecular flexibility index (Phi) is 9.94. The van der Waals surface area contributed by atoms with Gasteiger partial charge in [-0.1, -0.05) is 18.2 Å². The van der Waals surface area contributed by atoms with Gasteiger partial charge in [-0.3, -0.25) is 0 Å². The minimum absolute atomic E-state index is 0.0400. The third-order valence-corrected chi connectivity index (χ3v) is 6.07. The van der Waals surface area contributed by atoms with Crippen LogP contribution in [-0.4, -0.2) is 41.7 Å². The number of hydrogen-bond donors (Lipinski definition) is 3. The topological polar surface area (TPSA) is 125 Å². The predicted octanol–water partition coefficient (Wildman–Crippen LogP) is 6.77. The van der Waals surface area contributed by atoms with Crippen LogP contribution in [0.25, 0.3) is 6.08 Å². The second-order valence-corrected chi connectivity index (χ2v) is 9.32. The summed E-state index contributed by atoms with van der Waals surface area (Å²) >= 11 is 0. The van der Waals surface area contributed by atoms with Gasteiger partial charge < -0.3 is 26.0 Å². The number of halogens is 7. The highest BCUT2D eigenvalue weighted by molar-refractivity contribution is 5.93. The number of ether oxygens (including phenoxy) is 2. The molecule has 0 amide bonds. The number of nitrogens with two attached hydrogens (primary N) is 2. The number of alkyl halides is 7. The number of rotatable bonds is 12. The fourth-order valence-electron chi connectivity index (χ4n) is 3.70. The number of esters is 1. The second-order valence-electron chi connectivity index (χ2n) is 9.32. The number of carbonyl (C=O) groups is 2. The molecule has 0 saturated carbocycles. The monoisotopic (exact) mass is 614 g/mol. The summed E-state index contributed by atoms with van der Waals surface area (Å²) in [5.41, 5.74) is 13.6. The van der Waals surface area contributed by atoms with Crippen molar-refractivity contribution >= 4 is 29.4 Å². The van der Waals surface area contributed by atoms with E-state index in [9.17, 15) is 45.4 Å². The number of anilines is 2. The van der Waals surface area contributed by atoms with Crippen LogP contribution in [0.1, 0.15) is 34.3 Å². The van der Waals surface area contributed by atoms with Crippen molar-refractivity contribution in [2.75, 3.05) is 18.1 Å². The van der Waals surface area contributed by atoms with Crippen LogP contribution in [0.2, 0.25) is 0 Å². The van der Waals surface area contributed by atoms with Crippen molar-refractivity contribution in [1.82, 2.24) is 0 Å². The highest BCUT2D eigenvalue weighted by Crippen LogP contribution is 2.48. The van der Waals surface area contributed by atoms with Gasteiger partial charge in [-0.25, -0.2) is 9.59 Å². The Balaban J connectivity index is 1.55. The van der Waals surface area contributed by atoms with E-state index in [-0.39, 0.29) is 29.1 Å². The smallest absolute Gasteiger partial charge is 0.459 e. The molecule has 14 heteroatoms. The summed E-state index contributed by atoms with van der Waals surface area (Å²) < 4.78 is 99.5. The van der Waals surface area contributed by atoms with E-state index in [0.717, 1.165) is 0 Å². The second kappa shape index (κ2) is 13.0. The number of aliphatic carboxylic acids is 1. The first kappa shape index (κ1) is 32.8. The van der Waals surface area contributed by atoms with E-state index < -0.39 is 49.4 Å². The van der Waals surface area contributed by atoms with Gasteiger partial charge in [0.15, 0.2) is 0 Å². The number of nitrogen functional groups attached to an aromatic ring is 2. The van der Waals surface area contributed by atoms with Crippen LogP contribution in [0, 0.1) is 0 Å². The van der Waals surface area contributed by atoms with Crippen LogP contribution in [0.5, 0.6) is 11.5 Å². The van der Waals surface area contributed by atoms with Crippen molar-refractivity contribution in [3.05, 3.63) is 89.0 Å². The standard InChI is InChI=1S/C29H25F7N2O5/c30-27(31,28(32,33)29(34,35)36)12-1-13-42-22-10-5-18(6-11-22)26(41)43-23-8-2-17(3-9-23)14-20(25(39)40)15-19-4-7-21(37)16-24(19)38/h2-11,14,16H,1,12-13,15,37-38H2,(H,39,40)/b20-14+. The number of benzene rings is 3. The molecule has 0 aromatic heterocycles. The molecule has 43 heavy (non-hydrogen) atoms. The lowest BCUT2D eigenvalue weighted by Gasteiger charge is -2.28. The first-order chi connectivity index (χ1) is 20.0. The maximum Gasteiger partial charge on any atom is 0.459 e. The van der Waals surface area contributed by atoms with Crippen molar-refractivity contribution in [3.8, 4) is 11.5 Å². The van der Waals surface area contributed by atoms with Gasteiger partial charge in [-0.2, -0.15) is 30.7 Å². The van der Waals surface area contributed by atoms with Crippen molar-refractivity contribution in [3.63, 3.8) is 0 Å². The van der Waals surface area contributed by atoms with Crippen molar-refractivity contribution in [2.24, 2.45) is 0 Å². The molecule has 0 bridgehead atoms. The van der Waals surface area contributed by atoms with Gasteiger partial charge in [0.05, 0.1) is 12.2 Å². The summed E-state index contributed by atoms with van der Waals surface area (Å²) in [5.74, 6) is -13.2. The maximum atomic E-state index is 13.3. The average Bonchev–Trinajstić information content (AvgIpc) is 2.92. The molecule has 0 spiro atoms. The lowest BCUT2D eigenvalue weighted by atomic mass is 10.0. The molecular formula is C29H25F7N2O5. The highest BCUT2D eigenvalue weighted by atomic mass is 19.4. The summed E-state index contributed by atoms with van der Waals surface area (Å²) in [7, 11) is 0. The van der Waals surface area contributed by atoms with Gasteiger partial charge in [0.1, 0.15) is 11.5 Å². The zero-order valence-corrected chi connectivity index (χ0v) is 22.1. The van der Waals surface area contributed by atoms with Crippen LogP contribution < -0.4 is 20.9 Å². The van der Waals surface area contributed by atoms with Crippen LogP contribution >= 0.6 is 0 Å². The van der Waals surface area contributed by atoms with Gasteiger partial charge >= 0.3 is 30.0 Å². The SMILES string of the molecule is Nc1ccc(C/C(=C\c2ccc(OC(=O)c3ccc(OCCCC(F)(F)C(F)(F)C(F)(F)F)cc3)cc2)C(=O)O)c(N)c1. The maximum absolute atomic E-state index is 13.3. The zero-order chi connectivity index (χ0) is 32.0. The Morgan fingerprint density at radius 1 is 0.837 bits per heavy atom. The molecule has 0 unspecified atom stereocenters. The van der Waals surface area contributed by atoms with Gasteiger partial charge in [0.2, 0.25) is 0 Å². The van der Waals surface area contributed by atoms with E-state index >= 15 is 0 Å². The Morgan fingerprint density at radius 3 is 2.00 bits per heavy atom. The van der Waals surface area contributed by atoms with Crippen molar-refractivity contribution < 1.29 is 54.9 Å². The van der Waals surface area contributed by atoms with Crippen LogP contribution in [0.4, 0.5) is 42.1 Å². The minimum Gasteiger partial charge on any atom is -0.494 e. The van der Waals surface area contributed by atoms with E-state index in [1.807, 2.05) is 0 Å². The number of carbonyl (C=O) groups excluding carboxylic acids is 1. The summed E-state index contributed by atoms with van der Waals surface area (Å²) in [4.78, 5) is 24.2. The van der Waals surface area contributed by atoms with Crippen molar-refractivity contribution in [2.45, 2.75) is 37.3 Å². The molecule has 0 saturated heterocycles. The molecule has 3 aromatic rings. The van der Waals surface area contributed by atoms with E-state index in [4.69, 9.17) is 20.9 Å². The molecule has 0 aliphatic heterocycles. The number of carboxylic acids is 1. The average molecular weight is 615 g/mol.